The number of primary amides is 1. The molecule has 0 atom stereocenters. The van der Waals surface area contributed by atoms with Gasteiger partial charge in [-0.15, -0.1) is 11.3 Å². The van der Waals surface area contributed by atoms with Gasteiger partial charge in [0.15, 0.2) is 0 Å². The molecule has 4 rings (SSSR count). The number of nitrogens with two attached hydrogens (primary N) is 1. The summed E-state index contributed by atoms with van der Waals surface area (Å²) < 4.78 is 40.3. The zero-order valence-electron chi connectivity index (χ0n) is 16.3. The first-order valence-electron chi connectivity index (χ1n) is 9.17. The summed E-state index contributed by atoms with van der Waals surface area (Å²) in [4.78, 5) is 16.8. The summed E-state index contributed by atoms with van der Waals surface area (Å²) in [6.45, 7) is 4.10. The number of rotatable bonds is 3. The molecule has 0 spiro atoms. The van der Waals surface area contributed by atoms with Crippen molar-refractivity contribution in [3.63, 3.8) is 0 Å². The SMILES string of the molecule is CCCO.Cc1nc2c3cc(C(N)=O)ccc3n(-c3ccc(C(F)(F)F)cc3)c2s1. The maximum absolute atomic E-state index is 12.8. The first-order chi connectivity index (χ1) is 14.2. The molecule has 0 aliphatic carbocycles. The van der Waals surface area contributed by atoms with Gasteiger partial charge in [0, 0.05) is 23.2 Å². The van der Waals surface area contributed by atoms with Crippen molar-refractivity contribution >= 4 is 38.5 Å². The summed E-state index contributed by atoms with van der Waals surface area (Å²) >= 11 is 1.44. The molecule has 2 heterocycles. The fraction of sp³-hybridized carbons (Fsp3) is 0.238. The lowest BCUT2D eigenvalue weighted by molar-refractivity contribution is -0.137. The van der Waals surface area contributed by atoms with E-state index in [1.807, 2.05) is 18.4 Å². The van der Waals surface area contributed by atoms with E-state index in [-0.39, 0.29) is 0 Å². The molecule has 2 aromatic carbocycles. The molecule has 9 heteroatoms. The smallest absolute Gasteiger partial charge is 0.396 e. The Kier molecular flexibility index (Phi) is 6.14. The first-order valence-corrected chi connectivity index (χ1v) is 9.99. The predicted molar refractivity (Wildman–Crippen MR) is 112 cm³/mol. The molecular weight excluding hydrogens is 415 g/mol. The van der Waals surface area contributed by atoms with Gasteiger partial charge in [-0.2, -0.15) is 13.2 Å². The number of aryl methyl sites for hydroxylation is 1. The number of aliphatic hydroxyl groups excluding tert-OH is 1. The van der Waals surface area contributed by atoms with Crippen molar-refractivity contribution in [3.8, 4) is 5.69 Å². The molecule has 158 valence electrons. The third-order valence-corrected chi connectivity index (χ3v) is 5.33. The largest absolute Gasteiger partial charge is 0.416 e. The number of fused-ring (bicyclic) bond motifs is 3. The average molecular weight is 435 g/mol. The third kappa shape index (κ3) is 4.17. The van der Waals surface area contributed by atoms with Crippen molar-refractivity contribution in [1.29, 1.82) is 0 Å². The minimum Gasteiger partial charge on any atom is -0.396 e. The van der Waals surface area contributed by atoms with Gasteiger partial charge in [0.25, 0.3) is 0 Å². The van der Waals surface area contributed by atoms with E-state index >= 15 is 0 Å². The van der Waals surface area contributed by atoms with E-state index in [4.69, 9.17) is 10.8 Å². The summed E-state index contributed by atoms with van der Waals surface area (Å²) in [5.74, 6) is -0.547. The van der Waals surface area contributed by atoms with Crippen LogP contribution in [-0.4, -0.2) is 27.2 Å². The number of aliphatic hydroxyl groups is 1. The molecule has 1 amide bonds. The van der Waals surface area contributed by atoms with Gasteiger partial charge in [0.05, 0.1) is 16.1 Å². The van der Waals surface area contributed by atoms with E-state index in [0.29, 0.717) is 23.4 Å². The van der Waals surface area contributed by atoms with E-state index in [0.717, 1.165) is 39.3 Å². The van der Waals surface area contributed by atoms with Crippen molar-refractivity contribution in [2.75, 3.05) is 6.61 Å². The Hall–Kier alpha value is -2.91. The van der Waals surface area contributed by atoms with Gasteiger partial charge in [-0.3, -0.25) is 9.36 Å². The number of benzene rings is 2. The lowest BCUT2D eigenvalue weighted by atomic mass is 10.1. The van der Waals surface area contributed by atoms with Crippen molar-refractivity contribution in [2.24, 2.45) is 5.73 Å². The normalized spacial score (nSPS) is 11.5. The van der Waals surface area contributed by atoms with Crippen LogP contribution in [0.4, 0.5) is 13.2 Å². The number of nitrogens with zero attached hydrogens (tertiary/aromatic N) is 2. The van der Waals surface area contributed by atoms with E-state index < -0.39 is 17.6 Å². The standard InChI is InChI=1S/C18H12F3N3OS.C3H8O/c1-9-23-15-13-8-10(16(22)25)2-7-14(13)24(17(15)26-9)12-5-3-11(4-6-12)18(19,20)21;1-2-3-4/h2-8H,1H3,(H2,22,25);4H,2-3H2,1H3. The molecule has 0 saturated carbocycles. The number of amides is 1. The first kappa shape index (κ1) is 21.8. The quantitative estimate of drug-likeness (QED) is 0.472. The maximum Gasteiger partial charge on any atom is 0.416 e. The van der Waals surface area contributed by atoms with Gasteiger partial charge in [-0.05, 0) is 55.8 Å². The van der Waals surface area contributed by atoms with Crippen LogP contribution in [0, 0.1) is 6.92 Å². The molecular formula is C21H20F3N3O2S. The van der Waals surface area contributed by atoms with Crippen LogP contribution in [-0.2, 0) is 6.18 Å². The minimum atomic E-state index is -4.38. The van der Waals surface area contributed by atoms with E-state index in [1.165, 1.54) is 23.5 Å². The van der Waals surface area contributed by atoms with E-state index in [1.54, 1.807) is 18.2 Å². The third-order valence-electron chi connectivity index (χ3n) is 4.37. The highest BCUT2D eigenvalue weighted by Crippen LogP contribution is 2.36. The number of thiazole rings is 1. The van der Waals surface area contributed by atoms with Gasteiger partial charge in [-0.1, -0.05) is 6.92 Å². The van der Waals surface area contributed by atoms with E-state index in [2.05, 4.69) is 4.98 Å². The second kappa shape index (κ2) is 8.45. The minimum absolute atomic E-state index is 0.319. The highest BCUT2D eigenvalue weighted by Gasteiger charge is 2.30. The van der Waals surface area contributed by atoms with Crippen molar-refractivity contribution in [2.45, 2.75) is 26.4 Å². The molecule has 0 aliphatic heterocycles. The molecule has 0 bridgehead atoms. The zero-order chi connectivity index (χ0) is 22.1. The van der Waals surface area contributed by atoms with Crippen LogP contribution in [0.5, 0.6) is 0 Å². The maximum atomic E-state index is 12.8. The Bertz CT molecular complexity index is 1190. The number of aromatic nitrogens is 2. The van der Waals surface area contributed by atoms with Gasteiger partial charge in [0.2, 0.25) is 5.91 Å². The fourth-order valence-electron chi connectivity index (χ4n) is 2.98. The molecule has 4 aromatic rings. The number of alkyl halides is 3. The second-order valence-corrected chi connectivity index (χ2v) is 7.77. The summed E-state index contributed by atoms with van der Waals surface area (Å²) in [6, 6.07) is 9.97. The Balaban J connectivity index is 0.000000589. The molecule has 2 aromatic heterocycles. The lowest BCUT2D eigenvalue weighted by Gasteiger charge is -2.10. The molecule has 0 radical (unpaired) electrons. The van der Waals surface area contributed by atoms with Gasteiger partial charge in [0.1, 0.15) is 10.3 Å². The highest BCUT2D eigenvalue weighted by atomic mass is 32.1. The molecule has 5 nitrogen and oxygen atoms in total. The van der Waals surface area contributed by atoms with Gasteiger partial charge < -0.3 is 10.8 Å². The average Bonchev–Trinajstić information content (AvgIpc) is 3.22. The van der Waals surface area contributed by atoms with Crippen LogP contribution in [0.15, 0.2) is 42.5 Å². The number of hydrogen-bond acceptors (Lipinski definition) is 4. The number of hydrogen-bond donors (Lipinski definition) is 2. The molecule has 0 aliphatic rings. The summed E-state index contributed by atoms with van der Waals surface area (Å²) in [6.07, 6.45) is -3.51. The van der Waals surface area contributed by atoms with Crippen LogP contribution < -0.4 is 5.73 Å². The molecule has 30 heavy (non-hydrogen) atoms. The van der Waals surface area contributed by atoms with Crippen LogP contribution >= 0.6 is 11.3 Å². The highest BCUT2D eigenvalue weighted by molar-refractivity contribution is 7.18. The fourth-order valence-corrected chi connectivity index (χ4v) is 3.95. The van der Waals surface area contributed by atoms with Crippen molar-refractivity contribution in [1.82, 2.24) is 9.55 Å². The predicted octanol–water partition coefficient (Wildman–Crippen LogP) is 5.06. The summed E-state index contributed by atoms with van der Waals surface area (Å²) in [7, 11) is 0. The Morgan fingerprint density at radius 2 is 1.83 bits per heavy atom. The monoisotopic (exact) mass is 435 g/mol. The Morgan fingerprint density at radius 1 is 1.20 bits per heavy atom. The molecule has 0 saturated heterocycles. The number of halogens is 3. The van der Waals surface area contributed by atoms with Crippen molar-refractivity contribution in [3.05, 3.63) is 58.6 Å². The number of carbonyl (C=O) groups excluding carboxylic acids is 1. The molecule has 0 unspecified atom stereocenters. The van der Waals surface area contributed by atoms with Crippen LogP contribution in [0.2, 0.25) is 0 Å². The van der Waals surface area contributed by atoms with E-state index in [9.17, 15) is 18.0 Å². The van der Waals surface area contributed by atoms with Crippen molar-refractivity contribution < 1.29 is 23.1 Å². The summed E-state index contributed by atoms with van der Waals surface area (Å²) in [5.41, 5.74) is 7.06. The van der Waals surface area contributed by atoms with Gasteiger partial charge >= 0.3 is 6.18 Å². The zero-order valence-corrected chi connectivity index (χ0v) is 17.1. The van der Waals surface area contributed by atoms with Gasteiger partial charge in [-0.25, -0.2) is 4.98 Å². The Morgan fingerprint density at radius 3 is 2.37 bits per heavy atom. The number of carbonyl (C=O) groups is 1. The van der Waals surface area contributed by atoms with Crippen LogP contribution in [0.3, 0.4) is 0 Å². The lowest BCUT2D eigenvalue weighted by Crippen LogP contribution is -2.10. The summed E-state index contributed by atoms with van der Waals surface area (Å²) in [5, 5.41) is 9.43. The van der Waals surface area contributed by atoms with Crippen LogP contribution in [0.1, 0.15) is 34.3 Å². The Labute approximate surface area is 174 Å². The van der Waals surface area contributed by atoms with Crippen LogP contribution in [0.25, 0.3) is 26.9 Å². The molecule has 3 N–H and O–H groups in total. The topological polar surface area (TPSA) is 81.1 Å². The second-order valence-electron chi connectivity index (χ2n) is 6.59. The molecule has 0 fully saturated rings.